The molecule has 134 valence electrons. The Hall–Kier alpha value is -2.61. The number of carbonyl (C=O) groups is 3. The molecular formula is C17H20N2O5S. The van der Waals surface area contributed by atoms with Crippen LogP contribution < -0.4 is 10.6 Å². The summed E-state index contributed by atoms with van der Waals surface area (Å²) in [5.74, 6) is -0.759. The van der Waals surface area contributed by atoms with Crippen molar-refractivity contribution in [1.29, 1.82) is 0 Å². The SMILES string of the molecule is CC(=O)Nc1sc(C)c(C)c1C(=O)O[C@@H](C)C(=O)NCc1ccco1. The van der Waals surface area contributed by atoms with Gasteiger partial charge in [-0.2, -0.15) is 0 Å². The Morgan fingerprint density at radius 2 is 2.04 bits per heavy atom. The smallest absolute Gasteiger partial charge is 0.342 e. The molecule has 0 saturated carbocycles. The number of hydrogen-bond donors (Lipinski definition) is 2. The number of nitrogens with one attached hydrogen (secondary N) is 2. The summed E-state index contributed by atoms with van der Waals surface area (Å²) in [4.78, 5) is 36.7. The average molecular weight is 364 g/mol. The zero-order valence-corrected chi connectivity index (χ0v) is 15.3. The molecule has 2 rings (SSSR count). The van der Waals surface area contributed by atoms with Gasteiger partial charge in [-0.25, -0.2) is 4.79 Å². The third-order valence-corrected chi connectivity index (χ3v) is 4.67. The first kappa shape index (κ1) is 18.7. The van der Waals surface area contributed by atoms with Crippen LogP contribution in [-0.2, 0) is 20.9 Å². The molecule has 2 amide bonds. The van der Waals surface area contributed by atoms with Gasteiger partial charge in [-0.15, -0.1) is 11.3 Å². The quantitative estimate of drug-likeness (QED) is 0.768. The van der Waals surface area contributed by atoms with Gasteiger partial charge in [0.25, 0.3) is 5.91 Å². The number of carbonyl (C=O) groups excluding carboxylic acids is 3. The summed E-state index contributed by atoms with van der Waals surface area (Å²) in [6.07, 6.45) is 0.531. The minimum Gasteiger partial charge on any atom is -0.467 e. The van der Waals surface area contributed by atoms with Crippen molar-refractivity contribution in [3.8, 4) is 0 Å². The summed E-state index contributed by atoms with van der Waals surface area (Å²) >= 11 is 1.30. The number of hydrogen-bond acceptors (Lipinski definition) is 6. The molecule has 0 bridgehead atoms. The largest absolute Gasteiger partial charge is 0.467 e. The summed E-state index contributed by atoms with van der Waals surface area (Å²) in [6.45, 7) is 6.69. The van der Waals surface area contributed by atoms with Crippen molar-refractivity contribution >= 4 is 34.1 Å². The van der Waals surface area contributed by atoms with Crippen LogP contribution >= 0.6 is 11.3 Å². The van der Waals surface area contributed by atoms with Gasteiger partial charge in [-0.05, 0) is 38.5 Å². The van der Waals surface area contributed by atoms with E-state index in [1.54, 1.807) is 19.1 Å². The monoisotopic (exact) mass is 364 g/mol. The van der Waals surface area contributed by atoms with E-state index < -0.39 is 18.0 Å². The van der Waals surface area contributed by atoms with E-state index in [9.17, 15) is 14.4 Å². The molecule has 0 aliphatic carbocycles. The minimum absolute atomic E-state index is 0.210. The standard InChI is InChI=1S/C17H20N2O5S/c1-9-11(3)25-16(19-12(4)20)14(9)17(22)24-10(2)15(21)18-8-13-6-5-7-23-13/h5-7,10H,8H2,1-4H3,(H,18,21)(H,19,20)/t10-/m0/s1. The summed E-state index contributed by atoms with van der Waals surface area (Å²) in [7, 11) is 0. The second-order valence-electron chi connectivity index (χ2n) is 5.51. The molecule has 0 unspecified atom stereocenters. The lowest BCUT2D eigenvalue weighted by Gasteiger charge is -2.14. The topological polar surface area (TPSA) is 97.6 Å². The fourth-order valence-corrected chi connectivity index (χ4v) is 3.22. The van der Waals surface area contributed by atoms with Crippen LogP contribution in [-0.4, -0.2) is 23.9 Å². The van der Waals surface area contributed by atoms with Gasteiger partial charge in [0.2, 0.25) is 5.91 Å². The highest BCUT2D eigenvalue weighted by Gasteiger charge is 2.25. The maximum atomic E-state index is 12.5. The van der Waals surface area contributed by atoms with Gasteiger partial charge < -0.3 is 19.8 Å². The summed E-state index contributed by atoms with van der Waals surface area (Å²) < 4.78 is 10.4. The van der Waals surface area contributed by atoms with Gasteiger partial charge in [-0.1, -0.05) is 0 Å². The number of aryl methyl sites for hydroxylation is 1. The number of anilines is 1. The molecule has 2 N–H and O–H groups in total. The van der Waals surface area contributed by atoms with E-state index in [4.69, 9.17) is 9.15 Å². The second kappa shape index (κ2) is 7.98. The zero-order valence-electron chi connectivity index (χ0n) is 14.5. The van der Waals surface area contributed by atoms with E-state index in [1.165, 1.54) is 31.4 Å². The lowest BCUT2D eigenvalue weighted by atomic mass is 10.1. The summed E-state index contributed by atoms with van der Waals surface area (Å²) in [5, 5.41) is 5.69. The zero-order chi connectivity index (χ0) is 18.6. The van der Waals surface area contributed by atoms with Crippen LogP contribution in [0.15, 0.2) is 22.8 Å². The number of rotatable bonds is 6. The Bertz CT molecular complexity index is 779. The van der Waals surface area contributed by atoms with Gasteiger partial charge >= 0.3 is 5.97 Å². The number of thiophene rings is 1. The van der Waals surface area contributed by atoms with E-state index >= 15 is 0 Å². The molecule has 0 fully saturated rings. The van der Waals surface area contributed by atoms with Crippen molar-refractivity contribution in [3.63, 3.8) is 0 Å². The molecule has 2 heterocycles. The van der Waals surface area contributed by atoms with Crippen LogP contribution in [0.5, 0.6) is 0 Å². The van der Waals surface area contributed by atoms with Crippen LogP contribution in [0.4, 0.5) is 5.00 Å². The molecule has 0 aliphatic rings. The predicted octanol–water partition coefficient (Wildman–Crippen LogP) is 2.78. The predicted molar refractivity (Wildman–Crippen MR) is 93.5 cm³/mol. The minimum atomic E-state index is -0.979. The fourth-order valence-electron chi connectivity index (χ4n) is 2.12. The Balaban J connectivity index is 2.03. The van der Waals surface area contributed by atoms with E-state index in [2.05, 4.69) is 10.6 Å². The number of ether oxygens (including phenoxy) is 1. The Kier molecular flexibility index (Phi) is 5.97. The lowest BCUT2D eigenvalue weighted by molar-refractivity contribution is -0.129. The number of furan rings is 1. The Morgan fingerprint density at radius 1 is 1.32 bits per heavy atom. The highest BCUT2D eigenvalue weighted by molar-refractivity contribution is 7.16. The molecular weight excluding hydrogens is 344 g/mol. The highest BCUT2D eigenvalue weighted by Crippen LogP contribution is 2.33. The van der Waals surface area contributed by atoms with Crippen LogP contribution in [0.3, 0.4) is 0 Å². The molecule has 2 aromatic heterocycles. The number of esters is 1. The van der Waals surface area contributed by atoms with Crippen molar-refractivity contribution < 1.29 is 23.5 Å². The van der Waals surface area contributed by atoms with Gasteiger partial charge in [0, 0.05) is 11.8 Å². The third kappa shape index (κ3) is 4.69. The van der Waals surface area contributed by atoms with Gasteiger partial charge in [0.15, 0.2) is 6.10 Å². The Morgan fingerprint density at radius 3 is 2.64 bits per heavy atom. The summed E-state index contributed by atoms with van der Waals surface area (Å²) in [5.41, 5.74) is 1.00. The van der Waals surface area contributed by atoms with Crippen LogP contribution in [0, 0.1) is 13.8 Å². The number of amides is 2. The van der Waals surface area contributed by atoms with Crippen molar-refractivity contribution in [2.75, 3.05) is 5.32 Å². The maximum Gasteiger partial charge on any atom is 0.342 e. The van der Waals surface area contributed by atoms with Crippen molar-refractivity contribution in [3.05, 3.63) is 40.2 Å². The molecule has 0 aliphatic heterocycles. The first-order valence-corrected chi connectivity index (χ1v) is 8.50. The molecule has 2 aromatic rings. The van der Waals surface area contributed by atoms with Gasteiger partial charge in [0.1, 0.15) is 10.8 Å². The van der Waals surface area contributed by atoms with Crippen molar-refractivity contribution in [2.24, 2.45) is 0 Å². The lowest BCUT2D eigenvalue weighted by Crippen LogP contribution is -2.35. The highest BCUT2D eigenvalue weighted by atomic mass is 32.1. The molecule has 0 aromatic carbocycles. The molecule has 7 nitrogen and oxygen atoms in total. The molecule has 0 radical (unpaired) electrons. The fraction of sp³-hybridized carbons (Fsp3) is 0.353. The second-order valence-corrected chi connectivity index (χ2v) is 6.74. The van der Waals surface area contributed by atoms with Crippen LogP contribution in [0.1, 0.15) is 40.4 Å². The van der Waals surface area contributed by atoms with E-state index in [1.807, 2.05) is 6.92 Å². The van der Waals surface area contributed by atoms with Crippen molar-refractivity contribution in [2.45, 2.75) is 40.3 Å². The van der Waals surface area contributed by atoms with Crippen molar-refractivity contribution in [1.82, 2.24) is 5.32 Å². The molecule has 1 atom stereocenters. The third-order valence-electron chi connectivity index (χ3n) is 3.55. The van der Waals surface area contributed by atoms with Gasteiger partial charge in [-0.3, -0.25) is 9.59 Å². The molecule has 0 spiro atoms. The normalized spacial score (nSPS) is 11.7. The van der Waals surface area contributed by atoms with Gasteiger partial charge in [0.05, 0.1) is 18.4 Å². The maximum absolute atomic E-state index is 12.5. The van der Waals surface area contributed by atoms with E-state index in [0.29, 0.717) is 10.8 Å². The van der Waals surface area contributed by atoms with Crippen LogP contribution in [0.25, 0.3) is 0 Å². The first-order valence-electron chi connectivity index (χ1n) is 7.68. The Labute approximate surface area is 149 Å². The van der Waals surface area contributed by atoms with E-state index in [0.717, 1.165) is 10.4 Å². The molecule has 8 heteroatoms. The molecule has 25 heavy (non-hydrogen) atoms. The molecule has 0 saturated heterocycles. The van der Waals surface area contributed by atoms with Crippen LogP contribution in [0.2, 0.25) is 0 Å². The van der Waals surface area contributed by atoms with E-state index in [-0.39, 0.29) is 18.0 Å². The first-order chi connectivity index (χ1) is 11.8. The summed E-state index contributed by atoms with van der Waals surface area (Å²) in [6, 6.07) is 3.45. The average Bonchev–Trinajstić information content (AvgIpc) is 3.13.